The Balaban J connectivity index is 1.59. The molecule has 0 saturated carbocycles. The molecule has 0 radical (unpaired) electrons. The molecule has 2 N–H and O–H groups in total. The van der Waals surface area contributed by atoms with E-state index in [9.17, 15) is 4.79 Å². The molecule has 6 heteroatoms. The highest BCUT2D eigenvalue weighted by Crippen LogP contribution is 2.29. The molecule has 1 amide bonds. The summed E-state index contributed by atoms with van der Waals surface area (Å²) in [5.41, 5.74) is 7.59. The Morgan fingerprint density at radius 3 is 2.62 bits per heavy atom. The van der Waals surface area contributed by atoms with E-state index in [-0.39, 0.29) is 6.09 Å². The molecule has 1 fully saturated rings. The Morgan fingerprint density at radius 1 is 1.25 bits per heavy atom. The molecule has 0 spiro atoms. The van der Waals surface area contributed by atoms with Gasteiger partial charge in [-0.2, -0.15) is 0 Å². The molecule has 1 aliphatic heterocycles. The molecular formula is C18H25N3O2S. The number of hydrogen-bond acceptors (Lipinski definition) is 5. The number of ether oxygens (including phenoxy) is 1. The van der Waals surface area contributed by atoms with Crippen LogP contribution in [0.25, 0.3) is 10.1 Å². The third-order valence-electron chi connectivity index (χ3n) is 4.10. The number of anilines is 1. The second-order valence-electron chi connectivity index (χ2n) is 7.26. The van der Waals surface area contributed by atoms with Gasteiger partial charge in [0.2, 0.25) is 0 Å². The summed E-state index contributed by atoms with van der Waals surface area (Å²) in [4.78, 5) is 16.3. The van der Waals surface area contributed by atoms with Crippen LogP contribution in [0.1, 0.15) is 26.3 Å². The van der Waals surface area contributed by atoms with Crippen LogP contribution in [0.5, 0.6) is 0 Å². The maximum Gasteiger partial charge on any atom is 0.410 e. The normalized spacial score (nSPS) is 16.5. The average molecular weight is 347 g/mol. The van der Waals surface area contributed by atoms with Crippen LogP contribution in [0.15, 0.2) is 23.6 Å². The summed E-state index contributed by atoms with van der Waals surface area (Å²) in [5.74, 6) is 0. The summed E-state index contributed by atoms with van der Waals surface area (Å²) in [6.07, 6.45) is -0.212. The zero-order valence-electron chi connectivity index (χ0n) is 14.5. The first-order valence-electron chi connectivity index (χ1n) is 8.28. The minimum absolute atomic E-state index is 0.212. The van der Waals surface area contributed by atoms with Crippen LogP contribution >= 0.6 is 11.3 Å². The van der Waals surface area contributed by atoms with Crippen molar-refractivity contribution < 1.29 is 9.53 Å². The number of carbonyl (C=O) groups excluding carboxylic acids is 1. The highest BCUT2D eigenvalue weighted by atomic mass is 32.1. The van der Waals surface area contributed by atoms with E-state index in [0.717, 1.165) is 25.3 Å². The Hall–Kier alpha value is -1.79. The first-order chi connectivity index (χ1) is 11.3. The topological polar surface area (TPSA) is 58.8 Å². The van der Waals surface area contributed by atoms with E-state index in [1.807, 2.05) is 26.8 Å². The number of hydrogen-bond donors (Lipinski definition) is 1. The number of piperazine rings is 1. The molecule has 2 aromatic rings. The summed E-state index contributed by atoms with van der Waals surface area (Å²) >= 11 is 1.76. The number of fused-ring (bicyclic) bond motifs is 1. The maximum atomic E-state index is 12.1. The molecule has 1 saturated heterocycles. The second-order valence-corrected chi connectivity index (χ2v) is 8.17. The van der Waals surface area contributed by atoms with Gasteiger partial charge in [0, 0.05) is 43.1 Å². The maximum absolute atomic E-state index is 12.1. The van der Waals surface area contributed by atoms with E-state index in [1.54, 1.807) is 16.2 Å². The standard InChI is InChI=1S/C18H25N3O2S/c1-18(2,3)23-17(22)21-8-6-20(7-9-21)11-13-12-24-16-5-4-14(19)10-15(13)16/h4-5,10,12H,6-9,11,19H2,1-3H3. The molecule has 130 valence electrons. The monoisotopic (exact) mass is 347 g/mol. The van der Waals surface area contributed by atoms with Crippen LogP contribution in [0.4, 0.5) is 10.5 Å². The molecule has 24 heavy (non-hydrogen) atoms. The van der Waals surface area contributed by atoms with E-state index in [4.69, 9.17) is 10.5 Å². The van der Waals surface area contributed by atoms with Crippen molar-refractivity contribution in [2.75, 3.05) is 31.9 Å². The van der Waals surface area contributed by atoms with E-state index in [1.165, 1.54) is 15.6 Å². The number of carbonyl (C=O) groups is 1. The number of nitrogen functional groups attached to an aromatic ring is 1. The van der Waals surface area contributed by atoms with E-state index in [2.05, 4.69) is 22.4 Å². The fourth-order valence-electron chi connectivity index (χ4n) is 2.88. The van der Waals surface area contributed by atoms with Crippen molar-refractivity contribution in [1.82, 2.24) is 9.80 Å². The number of nitrogens with two attached hydrogens (primary N) is 1. The minimum atomic E-state index is -0.441. The molecule has 0 bridgehead atoms. The van der Waals surface area contributed by atoms with Crippen molar-refractivity contribution in [3.63, 3.8) is 0 Å². The van der Waals surface area contributed by atoms with Gasteiger partial charge in [-0.1, -0.05) is 0 Å². The summed E-state index contributed by atoms with van der Waals surface area (Å²) < 4.78 is 6.72. The minimum Gasteiger partial charge on any atom is -0.444 e. The summed E-state index contributed by atoms with van der Waals surface area (Å²) in [7, 11) is 0. The van der Waals surface area contributed by atoms with Crippen LogP contribution in [0, 0.1) is 0 Å². The van der Waals surface area contributed by atoms with Crippen LogP contribution in [-0.2, 0) is 11.3 Å². The molecule has 5 nitrogen and oxygen atoms in total. The largest absolute Gasteiger partial charge is 0.444 e. The number of benzene rings is 1. The Kier molecular flexibility index (Phi) is 4.69. The smallest absolute Gasteiger partial charge is 0.410 e. The molecule has 3 rings (SSSR count). The van der Waals surface area contributed by atoms with Gasteiger partial charge < -0.3 is 15.4 Å². The lowest BCUT2D eigenvalue weighted by Crippen LogP contribution is -2.49. The highest BCUT2D eigenvalue weighted by Gasteiger charge is 2.26. The summed E-state index contributed by atoms with van der Waals surface area (Å²) in [6.45, 7) is 9.72. The average Bonchev–Trinajstić information content (AvgIpc) is 2.88. The van der Waals surface area contributed by atoms with Gasteiger partial charge in [0.25, 0.3) is 0 Å². The lowest BCUT2D eigenvalue weighted by Gasteiger charge is -2.35. The molecule has 1 aromatic carbocycles. The molecule has 1 aliphatic rings. The van der Waals surface area contributed by atoms with Crippen LogP contribution in [0.3, 0.4) is 0 Å². The Bertz CT molecular complexity index is 727. The first kappa shape index (κ1) is 17.0. The zero-order chi connectivity index (χ0) is 17.3. The molecule has 0 aliphatic carbocycles. The van der Waals surface area contributed by atoms with E-state index in [0.29, 0.717) is 13.1 Å². The van der Waals surface area contributed by atoms with Gasteiger partial charge in [-0.15, -0.1) is 11.3 Å². The van der Waals surface area contributed by atoms with E-state index >= 15 is 0 Å². The predicted molar refractivity (Wildman–Crippen MR) is 99.3 cm³/mol. The quantitative estimate of drug-likeness (QED) is 0.844. The molecule has 0 unspecified atom stereocenters. The highest BCUT2D eigenvalue weighted by molar-refractivity contribution is 7.17. The van der Waals surface area contributed by atoms with Crippen LogP contribution in [-0.4, -0.2) is 47.7 Å². The molecular weight excluding hydrogens is 322 g/mol. The molecule has 1 aromatic heterocycles. The van der Waals surface area contributed by atoms with Gasteiger partial charge in [0.05, 0.1) is 0 Å². The molecule has 2 heterocycles. The second kappa shape index (κ2) is 6.61. The van der Waals surface area contributed by atoms with Gasteiger partial charge in [-0.25, -0.2) is 4.79 Å². The SMILES string of the molecule is CC(C)(C)OC(=O)N1CCN(Cc2csc3ccc(N)cc23)CC1. The zero-order valence-corrected chi connectivity index (χ0v) is 15.4. The Labute approximate surface area is 147 Å². The summed E-state index contributed by atoms with van der Waals surface area (Å²) in [6, 6.07) is 6.08. The third-order valence-corrected chi connectivity index (χ3v) is 5.11. The van der Waals surface area contributed by atoms with Crippen molar-refractivity contribution >= 4 is 33.2 Å². The van der Waals surface area contributed by atoms with Crippen molar-refractivity contribution in [3.05, 3.63) is 29.1 Å². The number of amides is 1. The lowest BCUT2D eigenvalue weighted by atomic mass is 10.1. The van der Waals surface area contributed by atoms with Crippen molar-refractivity contribution in [2.24, 2.45) is 0 Å². The van der Waals surface area contributed by atoms with Crippen LogP contribution in [0.2, 0.25) is 0 Å². The number of nitrogens with zero attached hydrogens (tertiary/aromatic N) is 2. The van der Waals surface area contributed by atoms with Gasteiger partial charge in [-0.05, 0) is 55.3 Å². The number of rotatable bonds is 2. The van der Waals surface area contributed by atoms with Crippen molar-refractivity contribution in [1.29, 1.82) is 0 Å². The number of thiophene rings is 1. The van der Waals surface area contributed by atoms with Gasteiger partial charge in [0.15, 0.2) is 0 Å². The first-order valence-corrected chi connectivity index (χ1v) is 9.16. The molecule has 0 atom stereocenters. The van der Waals surface area contributed by atoms with Gasteiger partial charge >= 0.3 is 6.09 Å². The van der Waals surface area contributed by atoms with Gasteiger partial charge in [0.1, 0.15) is 5.60 Å². The third kappa shape index (κ3) is 3.99. The van der Waals surface area contributed by atoms with Crippen LogP contribution < -0.4 is 5.73 Å². The summed E-state index contributed by atoms with van der Waals surface area (Å²) in [5, 5.41) is 3.46. The fourth-order valence-corrected chi connectivity index (χ4v) is 3.81. The predicted octanol–water partition coefficient (Wildman–Crippen LogP) is 3.54. The lowest BCUT2D eigenvalue weighted by molar-refractivity contribution is 0.0139. The fraction of sp³-hybridized carbons (Fsp3) is 0.500. The van der Waals surface area contributed by atoms with Crippen molar-refractivity contribution in [2.45, 2.75) is 32.9 Å². The Morgan fingerprint density at radius 2 is 1.96 bits per heavy atom. The van der Waals surface area contributed by atoms with Crippen molar-refractivity contribution in [3.8, 4) is 0 Å². The van der Waals surface area contributed by atoms with E-state index < -0.39 is 5.60 Å². The van der Waals surface area contributed by atoms with Gasteiger partial charge in [-0.3, -0.25) is 4.90 Å².